The third-order valence-electron chi connectivity index (χ3n) is 2.01. The monoisotopic (exact) mass is 250 g/mol. The molecule has 0 saturated heterocycles. The fourth-order valence-corrected chi connectivity index (χ4v) is 1.27. The number of hydrogen-bond acceptors (Lipinski definition) is 4. The summed E-state index contributed by atoms with van der Waals surface area (Å²) in [6.07, 6.45) is -0.628. The standard InChI is InChI=1S/C13H18N2O3/c1-9(10-7-5-6-8-11(10)16)14-15-12(17)18-13(2,3)4/h5-8,16H,1-4H3,(H,15,17)/b14-9+. The third-order valence-corrected chi connectivity index (χ3v) is 2.01. The van der Waals surface area contributed by atoms with E-state index in [0.717, 1.165) is 0 Å². The molecule has 1 rings (SSSR count). The summed E-state index contributed by atoms with van der Waals surface area (Å²) in [6, 6.07) is 6.77. The van der Waals surface area contributed by atoms with Crippen LogP contribution in [0.3, 0.4) is 0 Å². The predicted octanol–water partition coefficient (Wildman–Crippen LogP) is 2.64. The van der Waals surface area contributed by atoms with Gasteiger partial charge in [-0.2, -0.15) is 5.10 Å². The Morgan fingerprint density at radius 2 is 1.94 bits per heavy atom. The summed E-state index contributed by atoms with van der Waals surface area (Å²) in [5, 5.41) is 13.5. The molecule has 0 radical (unpaired) electrons. The molecule has 0 spiro atoms. The van der Waals surface area contributed by atoms with Crippen molar-refractivity contribution in [3.8, 4) is 5.75 Å². The van der Waals surface area contributed by atoms with Gasteiger partial charge in [0.15, 0.2) is 0 Å². The van der Waals surface area contributed by atoms with Crippen molar-refractivity contribution >= 4 is 11.8 Å². The number of phenolic OH excluding ortho intramolecular Hbond substituents is 1. The lowest BCUT2D eigenvalue weighted by Gasteiger charge is -2.18. The van der Waals surface area contributed by atoms with E-state index in [1.54, 1.807) is 52.0 Å². The highest BCUT2D eigenvalue weighted by Gasteiger charge is 2.15. The fourth-order valence-electron chi connectivity index (χ4n) is 1.27. The van der Waals surface area contributed by atoms with E-state index in [2.05, 4.69) is 10.5 Å². The van der Waals surface area contributed by atoms with Crippen molar-refractivity contribution in [2.75, 3.05) is 0 Å². The second-order valence-corrected chi connectivity index (χ2v) is 4.83. The Balaban J connectivity index is 2.69. The summed E-state index contributed by atoms with van der Waals surface area (Å²) in [5.74, 6) is 0.115. The maximum Gasteiger partial charge on any atom is 0.428 e. The van der Waals surface area contributed by atoms with Gasteiger partial charge in [-0.05, 0) is 39.8 Å². The highest BCUT2D eigenvalue weighted by molar-refractivity contribution is 6.01. The van der Waals surface area contributed by atoms with Gasteiger partial charge in [0.2, 0.25) is 0 Å². The van der Waals surface area contributed by atoms with E-state index in [4.69, 9.17) is 4.74 Å². The van der Waals surface area contributed by atoms with E-state index >= 15 is 0 Å². The van der Waals surface area contributed by atoms with Crippen LogP contribution in [0.5, 0.6) is 5.75 Å². The molecule has 0 fully saturated rings. The topological polar surface area (TPSA) is 70.9 Å². The summed E-state index contributed by atoms with van der Waals surface area (Å²) < 4.78 is 5.03. The first-order valence-corrected chi connectivity index (χ1v) is 5.61. The molecule has 98 valence electrons. The second kappa shape index (κ2) is 5.53. The molecule has 0 aliphatic rings. The number of carbonyl (C=O) groups is 1. The average molecular weight is 250 g/mol. The fraction of sp³-hybridized carbons (Fsp3) is 0.385. The first kappa shape index (κ1) is 14.0. The lowest BCUT2D eigenvalue weighted by atomic mass is 10.1. The normalized spacial score (nSPS) is 12.1. The number of rotatable bonds is 2. The van der Waals surface area contributed by atoms with Crippen molar-refractivity contribution in [1.82, 2.24) is 5.43 Å². The smallest absolute Gasteiger partial charge is 0.428 e. The number of para-hydroxylation sites is 1. The summed E-state index contributed by atoms with van der Waals surface area (Å²) >= 11 is 0. The van der Waals surface area contributed by atoms with Crippen molar-refractivity contribution in [2.24, 2.45) is 5.10 Å². The van der Waals surface area contributed by atoms with Crippen LogP contribution in [0, 0.1) is 0 Å². The molecule has 18 heavy (non-hydrogen) atoms. The summed E-state index contributed by atoms with van der Waals surface area (Å²) in [5.41, 5.74) is 2.78. The van der Waals surface area contributed by atoms with Gasteiger partial charge in [0.1, 0.15) is 11.4 Å². The Labute approximate surface area is 106 Å². The molecule has 0 unspecified atom stereocenters. The Morgan fingerprint density at radius 3 is 2.50 bits per heavy atom. The van der Waals surface area contributed by atoms with E-state index in [1.165, 1.54) is 0 Å². The zero-order valence-electron chi connectivity index (χ0n) is 11.0. The lowest BCUT2D eigenvalue weighted by Crippen LogP contribution is -2.30. The Kier molecular flexibility index (Phi) is 4.31. The number of phenols is 1. The average Bonchev–Trinajstić information content (AvgIpc) is 2.24. The molecular weight excluding hydrogens is 232 g/mol. The highest BCUT2D eigenvalue weighted by atomic mass is 16.6. The minimum atomic E-state index is -0.628. The van der Waals surface area contributed by atoms with Crippen LogP contribution in [0.1, 0.15) is 33.3 Å². The third kappa shape index (κ3) is 4.45. The molecule has 0 saturated carbocycles. The molecule has 0 atom stereocenters. The number of carbonyl (C=O) groups excluding carboxylic acids is 1. The van der Waals surface area contributed by atoms with Gasteiger partial charge in [-0.3, -0.25) is 0 Å². The van der Waals surface area contributed by atoms with Gasteiger partial charge in [0, 0.05) is 5.56 Å². The van der Waals surface area contributed by atoms with Gasteiger partial charge in [-0.25, -0.2) is 10.2 Å². The lowest BCUT2D eigenvalue weighted by molar-refractivity contribution is 0.0529. The SMILES string of the molecule is C/C(=N\NC(=O)OC(C)(C)C)c1ccccc1O. The molecule has 0 aliphatic heterocycles. The van der Waals surface area contributed by atoms with Gasteiger partial charge < -0.3 is 9.84 Å². The molecule has 0 aliphatic carbocycles. The second-order valence-electron chi connectivity index (χ2n) is 4.83. The van der Waals surface area contributed by atoms with Crippen molar-refractivity contribution < 1.29 is 14.6 Å². The van der Waals surface area contributed by atoms with Crippen LogP contribution in [-0.2, 0) is 4.74 Å². The van der Waals surface area contributed by atoms with Crippen LogP contribution in [0.15, 0.2) is 29.4 Å². The van der Waals surface area contributed by atoms with Crippen LogP contribution in [0.4, 0.5) is 4.79 Å². The Bertz CT molecular complexity index is 462. The first-order valence-electron chi connectivity index (χ1n) is 5.61. The zero-order chi connectivity index (χ0) is 13.8. The molecule has 0 aromatic heterocycles. The van der Waals surface area contributed by atoms with Gasteiger partial charge in [0.25, 0.3) is 0 Å². The molecule has 5 nitrogen and oxygen atoms in total. The predicted molar refractivity (Wildman–Crippen MR) is 69.7 cm³/mol. The van der Waals surface area contributed by atoms with Gasteiger partial charge in [0.05, 0.1) is 5.71 Å². The highest BCUT2D eigenvalue weighted by Crippen LogP contribution is 2.16. The molecule has 1 amide bonds. The molecule has 5 heteroatoms. The molecule has 0 bridgehead atoms. The summed E-state index contributed by atoms with van der Waals surface area (Å²) in [7, 11) is 0. The maximum atomic E-state index is 11.4. The van der Waals surface area contributed by atoms with Crippen LogP contribution < -0.4 is 5.43 Å². The van der Waals surface area contributed by atoms with Gasteiger partial charge in [-0.1, -0.05) is 12.1 Å². The number of hydrazone groups is 1. The van der Waals surface area contributed by atoms with Crippen molar-refractivity contribution in [2.45, 2.75) is 33.3 Å². The summed E-state index contributed by atoms with van der Waals surface area (Å²) in [6.45, 7) is 7.00. The zero-order valence-corrected chi connectivity index (χ0v) is 11.0. The number of ether oxygens (including phenoxy) is 1. The first-order chi connectivity index (χ1) is 8.29. The Morgan fingerprint density at radius 1 is 1.33 bits per heavy atom. The van der Waals surface area contributed by atoms with Gasteiger partial charge in [-0.15, -0.1) is 0 Å². The van der Waals surface area contributed by atoms with Gasteiger partial charge >= 0.3 is 6.09 Å². The van der Waals surface area contributed by atoms with Crippen LogP contribution in [0.2, 0.25) is 0 Å². The number of hydrogen-bond donors (Lipinski definition) is 2. The molecule has 1 aromatic rings. The molecule has 2 N–H and O–H groups in total. The number of nitrogens with one attached hydrogen (secondary N) is 1. The number of nitrogens with zero attached hydrogens (tertiary/aromatic N) is 1. The summed E-state index contributed by atoms with van der Waals surface area (Å²) in [4.78, 5) is 11.4. The number of aromatic hydroxyl groups is 1. The number of amides is 1. The maximum absolute atomic E-state index is 11.4. The van der Waals surface area contributed by atoms with E-state index in [-0.39, 0.29) is 5.75 Å². The van der Waals surface area contributed by atoms with E-state index in [1.807, 2.05) is 0 Å². The van der Waals surface area contributed by atoms with E-state index in [0.29, 0.717) is 11.3 Å². The van der Waals surface area contributed by atoms with Crippen molar-refractivity contribution in [3.63, 3.8) is 0 Å². The number of benzene rings is 1. The van der Waals surface area contributed by atoms with Crippen LogP contribution >= 0.6 is 0 Å². The minimum Gasteiger partial charge on any atom is -0.507 e. The van der Waals surface area contributed by atoms with Crippen molar-refractivity contribution in [3.05, 3.63) is 29.8 Å². The van der Waals surface area contributed by atoms with Crippen LogP contribution in [0.25, 0.3) is 0 Å². The van der Waals surface area contributed by atoms with Crippen LogP contribution in [-0.4, -0.2) is 22.5 Å². The molecule has 0 heterocycles. The minimum absolute atomic E-state index is 0.115. The van der Waals surface area contributed by atoms with Crippen molar-refractivity contribution in [1.29, 1.82) is 0 Å². The largest absolute Gasteiger partial charge is 0.507 e. The molecule has 1 aromatic carbocycles. The van der Waals surface area contributed by atoms with E-state index in [9.17, 15) is 9.90 Å². The Hall–Kier alpha value is -2.04. The molecular formula is C13H18N2O3. The van der Waals surface area contributed by atoms with E-state index < -0.39 is 11.7 Å². The quantitative estimate of drug-likeness (QED) is 0.626.